The third kappa shape index (κ3) is 66.1. The van der Waals surface area contributed by atoms with Crippen LogP contribution in [-0.4, -0.2) is 332 Å². The van der Waals surface area contributed by atoms with Gasteiger partial charge in [0.25, 0.3) is 0 Å². The van der Waals surface area contributed by atoms with Crippen LogP contribution in [-0.2, 0) is 115 Å². The Kier molecular flexibility index (Phi) is 77.7. The Morgan fingerprint density at radius 1 is 0.496 bits per heavy atom. The minimum Gasteiger partial charge on any atom is -0.481 e. The van der Waals surface area contributed by atoms with Crippen LogP contribution in [0.4, 0.5) is 5.69 Å². The third-order valence-corrected chi connectivity index (χ3v) is 20.0. The fourth-order valence-electron chi connectivity index (χ4n) is 8.14. The summed E-state index contributed by atoms with van der Waals surface area (Å²) in [6.45, 7) is 43.9. The number of aromatic carboxylic acids is 1. The monoisotopic (exact) mass is 1890 g/mol. The van der Waals surface area contributed by atoms with Gasteiger partial charge in [-0.05, 0) is 96.1 Å². The average Bonchev–Trinajstić information content (AvgIpc) is 0.789. The van der Waals surface area contributed by atoms with Gasteiger partial charge in [0.2, 0.25) is 35.1 Å². The summed E-state index contributed by atoms with van der Waals surface area (Å²) in [5.74, 6) is -14.8. The van der Waals surface area contributed by atoms with Crippen molar-refractivity contribution in [3.05, 3.63) is 42.5 Å². The normalized spacial score (nSPS) is 12.4. The van der Waals surface area contributed by atoms with Crippen LogP contribution in [0.25, 0.3) is 0 Å². The smallest absolute Gasteiger partial charge is 0.349 e. The molecule has 0 aliphatic carbocycles. The highest BCUT2D eigenvalue weighted by Crippen LogP contribution is 2.27. The van der Waals surface area contributed by atoms with Crippen molar-refractivity contribution in [2.45, 2.75) is 245 Å². The van der Waals surface area contributed by atoms with Crippen LogP contribution in [0.2, 0.25) is 0 Å². The molecule has 43 heteroatoms. The molecule has 1 aromatic rings. The van der Waals surface area contributed by atoms with Crippen molar-refractivity contribution in [3.8, 4) is 0 Å². The van der Waals surface area contributed by atoms with E-state index in [0.717, 1.165) is 32.5 Å². The molecule has 5 amide bonds. The quantitative estimate of drug-likeness (QED) is 0.0185. The highest BCUT2D eigenvalue weighted by Gasteiger charge is 2.47. The Morgan fingerprint density at radius 2 is 0.939 bits per heavy atom. The summed E-state index contributed by atoms with van der Waals surface area (Å²) < 4.78 is 44.2. The fraction of sp³-hybridized carbons (Fsp3) is 0.727. The lowest BCUT2D eigenvalue weighted by atomic mass is 9.87. The molecule has 0 aromatic heterocycles. The number of carbonyl (C=O) groups excluding carboxylic acids is 7. The maximum Gasteiger partial charge on any atom is 0.349 e. The largest absolute Gasteiger partial charge is 0.481 e. The summed E-state index contributed by atoms with van der Waals surface area (Å²) in [6, 6.07) is 4.74. The van der Waals surface area contributed by atoms with E-state index in [0.29, 0.717) is 57.8 Å². The fourth-order valence-corrected chi connectivity index (χ4v) is 8.14. The number of ether oxygens (including phenoxy) is 9. The zero-order valence-corrected chi connectivity index (χ0v) is 81.8. The number of esters is 2. The van der Waals surface area contributed by atoms with Gasteiger partial charge in [0.05, 0.1) is 102 Å². The minimum absolute atomic E-state index is 0.0141. The highest BCUT2D eigenvalue weighted by molar-refractivity contribution is 5.96. The lowest BCUT2D eigenvalue weighted by Crippen LogP contribution is -2.59. The van der Waals surface area contributed by atoms with Gasteiger partial charge in [0.15, 0.2) is 6.10 Å². The molecule has 6 unspecified atom stereocenters. The molecule has 1 rings (SSSR count). The van der Waals surface area contributed by atoms with Crippen LogP contribution < -0.4 is 26.6 Å². The molecule has 43 nitrogen and oxygen atoms in total. The lowest BCUT2D eigenvalue weighted by molar-refractivity contribution is -0.186. The zero-order chi connectivity index (χ0) is 104. The first-order valence-electron chi connectivity index (χ1n) is 42.3. The maximum atomic E-state index is 11.9. The second-order valence-corrected chi connectivity index (χ2v) is 32.7. The number of carboxylic acids is 9. The number of methoxy groups -OCH3 is 6. The number of hydrogen-bond donors (Lipinski definition) is 17. The molecule has 0 saturated carbocycles. The number of nitrogens with one attached hydrogen (secondary N) is 5. The molecule has 0 bridgehead atoms. The molecule has 0 aliphatic rings. The first-order valence-corrected chi connectivity index (χ1v) is 42.3. The third-order valence-electron chi connectivity index (χ3n) is 20.0. The van der Waals surface area contributed by atoms with Gasteiger partial charge in [0.1, 0.15) is 24.2 Å². The Balaban J connectivity index is -0.000000220. The maximum absolute atomic E-state index is 11.9. The van der Waals surface area contributed by atoms with Gasteiger partial charge < -0.3 is 135 Å². The van der Waals surface area contributed by atoms with Crippen molar-refractivity contribution in [1.82, 2.24) is 26.2 Å². The van der Waals surface area contributed by atoms with E-state index >= 15 is 0 Å². The number of rotatable bonds is 55. The predicted octanol–water partition coefficient (Wildman–Crippen LogP) is 6.61. The zero-order valence-electron chi connectivity index (χ0n) is 81.8. The molecule has 762 valence electrons. The second-order valence-electron chi connectivity index (χ2n) is 32.7. The lowest BCUT2D eigenvalue weighted by Gasteiger charge is -2.33. The van der Waals surface area contributed by atoms with Crippen LogP contribution >= 0.6 is 0 Å². The van der Waals surface area contributed by atoms with Crippen LogP contribution in [0.1, 0.15) is 219 Å². The number of carboxylic acid groups (broad SMARTS) is 9. The van der Waals surface area contributed by atoms with Crippen molar-refractivity contribution in [1.29, 1.82) is 0 Å². The van der Waals surface area contributed by atoms with Gasteiger partial charge in [-0.1, -0.05) is 131 Å². The van der Waals surface area contributed by atoms with E-state index < -0.39 is 167 Å². The number of anilines is 1. The molecule has 17 N–H and O–H groups in total. The van der Waals surface area contributed by atoms with Gasteiger partial charge >= 0.3 is 65.7 Å². The van der Waals surface area contributed by atoms with Crippen molar-refractivity contribution in [3.63, 3.8) is 0 Å². The summed E-state index contributed by atoms with van der Waals surface area (Å²) in [5.41, 5.74) is -6.07. The van der Waals surface area contributed by atoms with Gasteiger partial charge in [0, 0.05) is 95.4 Å². The molecule has 0 heterocycles. The van der Waals surface area contributed by atoms with E-state index in [2.05, 4.69) is 66.1 Å². The van der Waals surface area contributed by atoms with Crippen LogP contribution in [0.5, 0.6) is 0 Å². The van der Waals surface area contributed by atoms with Crippen molar-refractivity contribution >= 4 is 101 Å². The Labute approximate surface area is 770 Å². The Hall–Kier alpha value is -9.96. The average molecular weight is 1890 g/mol. The molecule has 0 saturated heterocycles. The standard InChI is InChI=1S/C16H24O10.C13H17NO3.C10H17NO5.C10H21NO4.C9H17NO3.C9H21NO2.C8H15NO3.C8H16O3.C5H10O4/c1-4-15(2,3)14(24)25-7-5-6-12(21)26-16(13(22)23,8-10(17)18)9-11(19)20;1-4-13(2,3)12(17)14-10-7-5-9(6-8-10)11(15)16;1-4-10(2,3)9(16)11-6(8(14)15)5-7(12)13;1-4-9(2,3)8(15)11-10(5-12,6-13)7-14;1-4-6(2)8(11)10-5-7(3)9(12)13;1-5-10(6-2)7-9(12-4)8-11-3;1-4-8(2,3)7(12)9-5-6(10)11;1-4-5-11-7-8(10-3)6-9-2;1-8-3-4(9-2)5(6)7/h4-9H2,1-3H3,(H,17,18)(H,19,20)(H,22,23);5-8H,4H2,1-3H3,(H,14,17)(H,15,16);6H,4-5H2,1-3H3,(H,11,16)(H,12,13)(H,14,15);12-14H,4-7H2,1-3H3,(H,11,15);6-7H,4-5H2,1-3H3,(H,10,11)(H,12,13);9H,5-8H2,1-4H3;4-5H2,1-3H3,(H,9,12)(H,10,11);4,8H,1,5-7H2,2-3H3;4H,3H2,1-2H3,(H,6,7). The van der Waals surface area contributed by atoms with Crippen LogP contribution in [0, 0.1) is 38.9 Å². The SMILES string of the molecule is C=CCOCC(COC)OC.CCC(C)(C)C(=O)NC(CC(=O)O)C(=O)O.CCC(C)(C)C(=O)NC(CO)(CO)CO.CCC(C)(C)C(=O)NCC(=O)O.CCC(C)(C)C(=O)Nc1ccc(C(=O)O)cc1.CCC(C)(C)C(=O)OCCCC(=O)OC(CC(=O)O)(CC(=O)O)C(=O)O.CCC(C)C(=O)NCC(C)C(=O)O.CCN(CC)CC(COC)OC.COCC(OC)C(=O)O. The summed E-state index contributed by atoms with van der Waals surface area (Å²) >= 11 is 0. The first kappa shape index (κ1) is 136. The van der Waals surface area contributed by atoms with Crippen molar-refractivity contribution in [2.75, 3.05) is 140 Å². The molecule has 0 radical (unpaired) electrons. The highest BCUT2D eigenvalue weighted by atomic mass is 16.6. The van der Waals surface area contributed by atoms with Crippen molar-refractivity contribution in [2.24, 2.45) is 38.9 Å². The number of amides is 5. The Morgan fingerprint density at radius 3 is 1.28 bits per heavy atom. The predicted molar refractivity (Wildman–Crippen MR) is 482 cm³/mol. The summed E-state index contributed by atoms with van der Waals surface area (Å²) in [6.07, 6.45) is 1.67. The summed E-state index contributed by atoms with van der Waals surface area (Å²) in [5, 5.41) is 117. The van der Waals surface area contributed by atoms with Gasteiger partial charge in [-0.2, -0.15) is 0 Å². The number of likely N-dealkylation sites (N-methyl/N-ethyl adjacent to an activating group) is 1. The van der Waals surface area contributed by atoms with E-state index in [1.807, 2.05) is 55.4 Å². The molecule has 6 atom stereocenters. The number of benzene rings is 1. The molecular weight excluding hydrogens is 1730 g/mol. The molecule has 0 spiro atoms. The van der Waals surface area contributed by atoms with Crippen molar-refractivity contribution < 1.29 is 181 Å². The summed E-state index contributed by atoms with van der Waals surface area (Å²) in [7, 11) is 9.47. The van der Waals surface area contributed by atoms with E-state index in [9.17, 15) is 76.7 Å². The molecular formula is C88H158N6O37. The first-order chi connectivity index (χ1) is 60.5. The van der Waals surface area contributed by atoms with Crippen LogP contribution in [0.15, 0.2) is 36.9 Å². The minimum atomic E-state index is -2.70. The van der Waals surface area contributed by atoms with Crippen LogP contribution in [0.3, 0.4) is 0 Å². The number of nitrogens with zero attached hydrogens (tertiary/aromatic N) is 1. The number of aliphatic hydroxyl groups is 3. The van der Waals surface area contributed by atoms with E-state index in [4.69, 9.17) is 89.7 Å². The molecule has 1 aromatic carbocycles. The number of carbonyl (C=O) groups is 16. The van der Waals surface area contributed by atoms with E-state index in [1.165, 1.54) is 26.4 Å². The van der Waals surface area contributed by atoms with Gasteiger partial charge in [-0.25, -0.2) is 19.2 Å². The number of hydrogen-bond acceptors (Lipinski definition) is 29. The molecule has 0 fully saturated rings. The number of aliphatic carboxylic acids is 8. The van der Waals surface area contributed by atoms with E-state index in [1.54, 1.807) is 116 Å². The second kappa shape index (κ2) is 74.6. The molecule has 131 heavy (non-hydrogen) atoms. The molecule has 0 aliphatic heterocycles. The van der Waals surface area contributed by atoms with Gasteiger partial charge in [-0.3, -0.25) is 57.5 Å². The topological polar surface area (TPSA) is 662 Å². The van der Waals surface area contributed by atoms with E-state index in [-0.39, 0.29) is 86.5 Å². The Bertz CT molecular complexity index is 3460. The number of aliphatic hydroxyl groups excluding tert-OH is 3. The summed E-state index contributed by atoms with van der Waals surface area (Å²) in [4.78, 5) is 179. The van der Waals surface area contributed by atoms with Gasteiger partial charge in [-0.15, -0.1) is 6.58 Å².